The molecule has 3 aromatic rings. The van der Waals surface area contributed by atoms with Gasteiger partial charge in [-0.15, -0.1) is 0 Å². The summed E-state index contributed by atoms with van der Waals surface area (Å²) in [5.74, 6) is -0.141. The highest BCUT2D eigenvalue weighted by molar-refractivity contribution is 7.89. The lowest BCUT2D eigenvalue weighted by atomic mass is 10.0. The second kappa shape index (κ2) is 9.44. The number of nitrogens with one attached hydrogen (secondary N) is 1. The maximum atomic E-state index is 13.2. The smallest absolute Gasteiger partial charge is 0.256 e. The van der Waals surface area contributed by atoms with E-state index >= 15 is 0 Å². The van der Waals surface area contributed by atoms with Crippen molar-refractivity contribution in [1.82, 2.24) is 24.0 Å². The highest BCUT2D eigenvalue weighted by Gasteiger charge is 2.27. The predicted molar refractivity (Wildman–Crippen MR) is 133 cm³/mol. The summed E-state index contributed by atoms with van der Waals surface area (Å²) in [7, 11) is -1.58. The van der Waals surface area contributed by atoms with Crippen molar-refractivity contribution < 1.29 is 13.2 Å². The number of hydrogen-bond acceptors (Lipinski definition) is 6. The van der Waals surface area contributed by atoms with Gasteiger partial charge in [-0.2, -0.15) is 9.40 Å². The lowest BCUT2D eigenvalue weighted by molar-refractivity contribution is 0.102. The van der Waals surface area contributed by atoms with Crippen molar-refractivity contribution in [2.75, 3.05) is 38.5 Å². The molecule has 1 saturated heterocycles. The van der Waals surface area contributed by atoms with Gasteiger partial charge in [0.15, 0.2) is 5.65 Å². The third-order valence-electron chi connectivity index (χ3n) is 6.12. The van der Waals surface area contributed by atoms with Crippen LogP contribution in [0.4, 0.5) is 5.69 Å². The number of pyridine rings is 1. The van der Waals surface area contributed by atoms with Crippen LogP contribution in [-0.4, -0.2) is 71.5 Å². The van der Waals surface area contributed by atoms with Crippen LogP contribution in [0.5, 0.6) is 0 Å². The molecule has 4 rings (SSSR count). The van der Waals surface area contributed by atoms with Gasteiger partial charge in [0.05, 0.1) is 22.0 Å². The predicted octanol–water partition coefficient (Wildman–Crippen LogP) is 3.32. The molecule has 1 amide bonds. The van der Waals surface area contributed by atoms with Gasteiger partial charge in [0, 0.05) is 43.6 Å². The van der Waals surface area contributed by atoms with E-state index in [4.69, 9.17) is 4.98 Å². The van der Waals surface area contributed by atoms with Gasteiger partial charge in [-0.3, -0.25) is 4.79 Å². The maximum absolute atomic E-state index is 13.2. The first-order valence-electron chi connectivity index (χ1n) is 11.6. The molecule has 0 aliphatic carbocycles. The summed E-state index contributed by atoms with van der Waals surface area (Å²) in [5.41, 5.74) is 2.51. The quantitative estimate of drug-likeness (QED) is 0.576. The molecule has 1 N–H and O–H groups in total. The van der Waals surface area contributed by atoms with Crippen LogP contribution >= 0.6 is 0 Å². The van der Waals surface area contributed by atoms with Crippen LogP contribution in [0.3, 0.4) is 0 Å². The normalized spacial score (nSPS) is 16.0. The summed E-state index contributed by atoms with van der Waals surface area (Å²) in [4.78, 5) is 20.3. The van der Waals surface area contributed by atoms with E-state index in [2.05, 4.69) is 15.3 Å². The van der Waals surface area contributed by atoms with Gasteiger partial charge in [0.25, 0.3) is 5.91 Å². The van der Waals surface area contributed by atoms with Crippen LogP contribution in [0, 0.1) is 0 Å². The number of sulfonamides is 1. The topological polar surface area (TPSA) is 100 Å². The van der Waals surface area contributed by atoms with Crippen LogP contribution in [0.25, 0.3) is 11.0 Å². The zero-order valence-electron chi connectivity index (χ0n) is 20.3. The highest BCUT2D eigenvalue weighted by Crippen LogP contribution is 2.26. The molecule has 2 aromatic heterocycles. The average molecular weight is 485 g/mol. The van der Waals surface area contributed by atoms with E-state index in [9.17, 15) is 13.2 Å². The maximum Gasteiger partial charge on any atom is 0.256 e. The Morgan fingerprint density at radius 1 is 1.03 bits per heavy atom. The molecule has 0 unspecified atom stereocenters. The highest BCUT2D eigenvalue weighted by atomic mass is 32.2. The van der Waals surface area contributed by atoms with Crippen LogP contribution in [0.2, 0.25) is 0 Å². The molecule has 0 saturated carbocycles. The molecule has 1 aliphatic heterocycles. The van der Waals surface area contributed by atoms with Crippen molar-refractivity contribution in [2.24, 2.45) is 0 Å². The van der Waals surface area contributed by atoms with Crippen LogP contribution in [-0.2, 0) is 10.0 Å². The summed E-state index contributed by atoms with van der Waals surface area (Å²) in [6, 6.07) is 8.25. The van der Waals surface area contributed by atoms with E-state index in [1.807, 2.05) is 39.4 Å². The number of carbonyl (C=O) groups excluding carboxylic acids is 1. The van der Waals surface area contributed by atoms with Crippen molar-refractivity contribution in [3.63, 3.8) is 0 Å². The number of hydrogen-bond donors (Lipinski definition) is 1. The van der Waals surface area contributed by atoms with Gasteiger partial charge in [-0.25, -0.2) is 18.1 Å². The molecule has 34 heavy (non-hydrogen) atoms. The molecule has 0 radical (unpaired) electrons. The van der Waals surface area contributed by atoms with Gasteiger partial charge >= 0.3 is 0 Å². The first-order chi connectivity index (χ1) is 16.1. The molecule has 10 heteroatoms. The van der Waals surface area contributed by atoms with Gasteiger partial charge in [-0.05, 0) is 57.1 Å². The Bertz CT molecular complexity index is 1290. The Balaban J connectivity index is 1.59. The summed E-state index contributed by atoms with van der Waals surface area (Å²) in [6.45, 7) is 10.5. The third-order valence-corrected chi connectivity index (χ3v) is 8.04. The average Bonchev–Trinajstić information content (AvgIpc) is 3.23. The van der Waals surface area contributed by atoms with E-state index in [0.29, 0.717) is 48.5 Å². The number of likely N-dealkylation sites (N-methyl/N-ethyl adjacent to an activating group) is 1. The first-order valence-corrected chi connectivity index (χ1v) is 13.0. The fourth-order valence-corrected chi connectivity index (χ4v) is 5.41. The number of anilines is 1. The monoisotopic (exact) mass is 484 g/mol. The third kappa shape index (κ3) is 4.70. The largest absolute Gasteiger partial charge is 0.322 e. The molecule has 1 fully saturated rings. The SMILES string of the molecule is CC(C)c1cc(C(=O)Nc2ccc(S(=O)(=O)N3CCN(C)CC3)cc2)c2cnn(C(C)C)c2n1. The molecule has 0 bridgehead atoms. The zero-order chi connectivity index (χ0) is 24.6. The molecule has 9 nitrogen and oxygen atoms in total. The van der Waals surface area contributed by atoms with Crippen molar-refractivity contribution in [2.45, 2.75) is 44.6 Å². The molecule has 0 atom stereocenters. The Morgan fingerprint density at radius 2 is 1.68 bits per heavy atom. The van der Waals surface area contributed by atoms with Gasteiger partial charge in [0.2, 0.25) is 10.0 Å². The minimum absolute atomic E-state index is 0.109. The van der Waals surface area contributed by atoms with Crippen molar-refractivity contribution in [3.05, 3.63) is 47.8 Å². The van der Waals surface area contributed by atoms with Gasteiger partial charge in [0.1, 0.15) is 0 Å². The Morgan fingerprint density at radius 3 is 2.26 bits per heavy atom. The number of benzene rings is 1. The number of aromatic nitrogens is 3. The second-order valence-corrected chi connectivity index (χ2v) is 11.3. The number of fused-ring (bicyclic) bond motifs is 1. The molecule has 1 aliphatic rings. The fraction of sp³-hybridized carbons (Fsp3) is 0.458. The molecule has 182 valence electrons. The molecular weight excluding hydrogens is 452 g/mol. The molecular formula is C24H32N6O3S. The number of rotatable bonds is 6. The zero-order valence-corrected chi connectivity index (χ0v) is 21.1. The summed E-state index contributed by atoms with van der Waals surface area (Å²) < 4.78 is 29.2. The summed E-state index contributed by atoms with van der Waals surface area (Å²) >= 11 is 0. The molecule has 1 aromatic carbocycles. The number of amides is 1. The van der Waals surface area contributed by atoms with Crippen molar-refractivity contribution >= 4 is 32.7 Å². The van der Waals surface area contributed by atoms with Gasteiger partial charge < -0.3 is 10.2 Å². The lowest BCUT2D eigenvalue weighted by Gasteiger charge is -2.31. The second-order valence-electron chi connectivity index (χ2n) is 9.36. The number of nitrogens with zero attached hydrogens (tertiary/aromatic N) is 5. The van der Waals surface area contributed by atoms with E-state index in [1.165, 1.54) is 4.31 Å². The molecule has 3 heterocycles. The van der Waals surface area contributed by atoms with E-state index in [-0.39, 0.29) is 22.8 Å². The summed E-state index contributed by atoms with van der Waals surface area (Å²) in [6.07, 6.45) is 1.67. The van der Waals surface area contributed by atoms with Crippen molar-refractivity contribution in [1.29, 1.82) is 0 Å². The van der Waals surface area contributed by atoms with Crippen LogP contribution in [0.15, 0.2) is 41.4 Å². The minimum Gasteiger partial charge on any atom is -0.322 e. The lowest BCUT2D eigenvalue weighted by Crippen LogP contribution is -2.46. The van der Waals surface area contributed by atoms with E-state index in [1.54, 1.807) is 36.5 Å². The van der Waals surface area contributed by atoms with E-state index in [0.717, 1.165) is 5.69 Å². The standard InChI is InChI=1S/C24H32N6O3S/c1-16(2)22-14-20(21-15-25-30(17(3)4)23(21)27-22)24(31)26-18-6-8-19(9-7-18)34(32,33)29-12-10-28(5)11-13-29/h6-9,14-17H,10-13H2,1-5H3,(H,26,31). The Labute approximate surface area is 200 Å². The Hall–Kier alpha value is -2.82. The minimum atomic E-state index is -3.56. The molecule has 0 spiro atoms. The number of piperazine rings is 1. The van der Waals surface area contributed by atoms with Crippen LogP contribution in [0.1, 0.15) is 55.7 Å². The first kappa shape index (κ1) is 24.3. The summed E-state index contributed by atoms with van der Waals surface area (Å²) in [5, 5.41) is 8.02. The van der Waals surface area contributed by atoms with E-state index < -0.39 is 10.0 Å². The number of carbonyl (C=O) groups is 1. The Kier molecular flexibility index (Phi) is 6.75. The van der Waals surface area contributed by atoms with Crippen molar-refractivity contribution in [3.8, 4) is 0 Å². The van der Waals surface area contributed by atoms with Gasteiger partial charge in [-0.1, -0.05) is 13.8 Å². The fourth-order valence-electron chi connectivity index (χ4n) is 3.99. The van der Waals surface area contributed by atoms with Crippen LogP contribution < -0.4 is 5.32 Å².